The lowest BCUT2D eigenvalue weighted by molar-refractivity contribution is -0.109. The van der Waals surface area contributed by atoms with Gasteiger partial charge in [0.1, 0.15) is 6.29 Å². The Balaban J connectivity index is 1.80. The second kappa shape index (κ2) is 6.87. The van der Waals surface area contributed by atoms with E-state index in [-0.39, 0.29) is 0 Å². The fraction of sp³-hybridized carbons (Fsp3) is 0.300. The first-order valence-corrected chi connectivity index (χ1v) is 8.20. The third-order valence-electron chi connectivity index (χ3n) is 4.19. The van der Waals surface area contributed by atoms with Gasteiger partial charge in [-0.1, -0.05) is 62.4 Å². The number of carbonyl (C=O) groups is 2. The van der Waals surface area contributed by atoms with Gasteiger partial charge in [0.25, 0.3) is 0 Å². The van der Waals surface area contributed by atoms with E-state index in [1.807, 2.05) is 62.4 Å². The number of carbonyl (C=O) groups excluding carboxylic acids is 2. The number of fused-ring (bicyclic) bond motifs is 3. The van der Waals surface area contributed by atoms with Crippen LogP contribution in [0.5, 0.6) is 0 Å². The highest BCUT2D eigenvalue weighted by molar-refractivity contribution is 5.80. The number of nitrogens with one attached hydrogen (secondary N) is 1. The molecule has 2 aromatic carbocycles. The van der Waals surface area contributed by atoms with E-state index in [1.54, 1.807) is 0 Å². The van der Waals surface area contributed by atoms with Gasteiger partial charge in [-0.2, -0.15) is 0 Å². The van der Waals surface area contributed by atoms with Gasteiger partial charge >= 0.3 is 6.09 Å². The lowest BCUT2D eigenvalue weighted by atomic mass is 10.1. The number of amides is 1. The first-order valence-electron chi connectivity index (χ1n) is 8.20. The summed E-state index contributed by atoms with van der Waals surface area (Å²) in [6.45, 7) is 4.01. The van der Waals surface area contributed by atoms with Gasteiger partial charge in [-0.15, -0.1) is 0 Å². The Morgan fingerprint density at radius 1 is 1.08 bits per heavy atom. The second-order valence-corrected chi connectivity index (χ2v) is 6.48. The highest BCUT2D eigenvalue weighted by Gasteiger charge is 2.31. The molecule has 24 heavy (non-hydrogen) atoms. The van der Waals surface area contributed by atoms with Crippen molar-refractivity contribution in [3.8, 4) is 11.1 Å². The first-order chi connectivity index (χ1) is 11.6. The third-order valence-corrected chi connectivity index (χ3v) is 4.19. The van der Waals surface area contributed by atoms with Crippen molar-refractivity contribution in [1.29, 1.82) is 0 Å². The number of alkyl carbamates (subject to hydrolysis) is 1. The topological polar surface area (TPSA) is 55.4 Å². The molecule has 1 unspecified atom stereocenters. The van der Waals surface area contributed by atoms with Gasteiger partial charge in [-0.25, -0.2) is 4.79 Å². The standard InChI is InChI=1S/C20H21NO3/c1-13(2)11-14(12-22)21-20(23)24-19-17-9-5-3-7-15(17)16-8-4-6-10-18(16)19/h3-10,12-14,19H,11H2,1-2H3,(H,21,23). The number of hydrogen-bond acceptors (Lipinski definition) is 3. The van der Waals surface area contributed by atoms with Crippen LogP contribution in [-0.4, -0.2) is 18.4 Å². The normalized spacial score (nSPS) is 14.0. The van der Waals surface area contributed by atoms with Gasteiger partial charge in [0.05, 0.1) is 6.04 Å². The van der Waals surface area contributed by atoms with Crippen molar-refractivity contribution in [2.45, 2.75) is 32.4 Å². The summed E-state index contributed by atoms with van der Waals surface area (Å²) in [7, 11) is 0. The summed E-state index contributed by atoms with van der Waals surface area (Å²) in [6, 6.07) is 15.3. The summed E-state index contributed by atoms with van der Waals surface area (Å²) in [5, 5.41) is 2.66. The molecule has 2 aromatic rings. The Kier molecular flexibility index (Phi) is 4.65. The van der Waals surface area contributed by atoms with Crippen LogP contribution in [0.2, 0.25) is 0 Å². The lowest BCUT2D eigenvalue weighted by Gasteiger charge is -2.19. The fourth-order valence-electron chi connectivity index (χ4n) is 3.19. The van der Waals surface area contributed by atoms with Crippen molar-refractivity contribution in [1.82, 2.24) is 5.32 Å². The van der Waals surface area contributed by atoms with Gasteiger partial charge < -0.3 is 14.8 Å². The second-order valence-electron chi connectivity index (χ2n) is 6.48. The van der Waals surface area contributed by atoms with Crippen LogP contribution >= 0.6 is 0 Å². The Labute approximate surface area is 141 Å². The number of ether oxygens (including phenoxy) is 1. The van der Waals surface area contributed by atoms with Crippen LogP contribution in [0.4, 0.5) is 4.79 Å². The Morgan fingerprint density at radius 3 is 2.12 bits per heavy atom. The Morgan fingerprint density at radius 2 is 1.62 bits per heavy atom. The van der Waals surface area contributed by atoms with Crippen LogP contribution in [-0.2, 0) is 9.53 Å². The molecule has 1 N–H and O–H groups in total. The summed E-state index contributed by atoms with van der Waals surface area (Å²) >= 11 is 0. The quantitative estimate of drug-likeness (QED) is 0.843. The molecule has 1 aliphatic carbocycles. The minimum absolute atomic E-state index is 0.313. The predicted molar refractivity (Wildman–Crippen MR) is 92.6 cm³/mol. The summed E-state index contributed by atoms with van der Waals surface area (Å²) in [5.74, 6) is 0.313. The third kappa shape index (κ3) is 3.18. The summed E-state index contributed by atoms with van der Waals surface area (Å²) in [6.07, 6.45) is 0.349. The van der Waals surface area contributed by atoms with Gasteiger partial charge in [-0.3, -0.25) is 0 Å². The average Bonchev–Trinajstić information content (AvgIpc) is 2.88. The van der Waals surface area contributed by atoms with E-state index in [0.717, 1.165) is 28.5 Å². The van der Waals surface area contributed by atoms with Crippen molar-refractivity contribution in [2.75, 3.05) is 0 Å². The maximum absolute atomic E-state index is 12.3. The molecule has 3 rings (SSSR count). The van der Waals surface area contributed by atoms with Gasteiger partial charge in [-0.05, 0) is 23.5 Å². The molecule has 0 radical (unpaired) electrons. The first kappa shape index (κ1) is 16.2. The highest BCUT2D eigenvalue weighted by Crippen LogP contribution is 2.44. The number of benzene rings is 2. The van der Waals surface area contributed by atoms with E-state index in [0.29, 0.717) is 12.3 Å². The van der Waals surface area contributed by atoms with Crippen LogP contribution in [0.15, 0.2) is 48.5 Å². The molecule has 0 saturated heterocycles. The fourth-order valence-corrected chi connectivity index (χ4v) is 3.19. The monoisotopic (exact) mass is 323 g/mol. The molecule has 0 bridgehead atoms. The van der Waals surface area contributed by atoms with Crippen LogP contribution in [0, 0.1) is 5.92 Å². The van der Waals surface area contributed by atoms with Crippen molar-refractivity contribution in [3.63, 3.8) is 0 Å². The SMILES string of the molecule is CC(C)CC(C=O)NC(=O)OC1c2ccccc2-c2ccccc21. The molecule has 0 heterocycles. The van der Waals surface area contributed by atoms with Gasteiger partial charge in [0.15, 0.2) is 6.10 Å². The number of aldehydes is 1. The minimum Gasteiger partial charge on any atom is -0.436 e. The minimum atomic E-state index is -0.566. The maximum Gasteiger partial charge on any atom is 0.408 e. The van der Waals surface area contributed by atoms with Crippen molar-refractivity contribution in [3.05, 3.63) is 59.7 Å². The molecule has 0 saturated carbocycles. The zero-order valence-electron chi connectivity index (χ0n) is 13.9. The largest absolute Gasteiger partial charge is 0.436 e. The zero-order valence-corrected chi connectivity index (χ0v) is 13.9. The van der Waals surface area contributed by atoms with E-state index in [2.05, 4.69) is 5.32 Å². The molecule has 0 aliphatic heterocycles. The predicted octanol–water partition coefficient (Wildman–Crippen LogP) is 4.10. The van der Waals surface area contributed by atoms with E-state index in [4.69, 9.17) is 4.74 Å². The van der Waals surface area contributed by atoms with E-state index in [1.165, 1.54) is 0 Å². The van der Waals surface area contributed by atoms with Crippen LogP contribution in [0.3, 0.4) is 0 Å². The van der Waals surface area contributed by atoms with E-state index >= 15 is 0 Å². The number of hydrogen-bond donors (Lipinski definition) is 1. The number of rotatable bonds is 5. The summed E-state index contributed by atoms with van der Waals surface area (Å²) < 4.78 is 5.67. The van der Waals surface area contributed by atoms with Crippen molar-refractivity contribution in [2.24, 2.45) is 5.92 Å². The molecule has 0 fully saturated rings. The smallest absolute Gasteiger partial charge is 0.408 e. The summed E-state index contributed by atoms with van der Waals surface area (Å²) in [5.41, 5.74) is 4.11. The maximum atomic E-state index is 12.3. The molecule has 0 spiro atoms. The highest BCUT2D eigenvalue weighted by atomic mass is 16.6. The lowest BCUT2D eigenvalue weighted by Crippen LogP contribution is -2.37. The van der Waals surface area contributed by atoms with Crippen molar-refractivity contribution >= 4 is 12.4 Å². The van der Waals surface area contributed by atoms with Gasteiger partial charge in [0.2, 0.25) is 0 Å². The molecule has 4 heteroatoms. The molecule has 124 valence electrons. The zero-order chi connectivity index (χ0) is 17.1. The molecular formula is C20H21NO3. The van der Waals surface area contributed by atoms with Crippen LogP contribution in [0.25, 0.3) is 11.1 Å². The molecular weight excluding hydrogens is 302 g/mol. The van der Waals surface area contributed by atoms with E-state index < -0.39 is 18.2 Å². The van der Waals surface area contributed by atoms with Crippen LogP contribution < -0.4 is 5.32 Å². The molecule has 4 nitrogen and oxygen atoms in total. The Bertz CT molecular complexity index is 709. The van der Waals surface area contributed by atoms with Gasteiger partial charge in [0, 0.05) is 11.1 Å². The molecule has 1 atom stereocenters. The average molecular weight is 323 g/mol. The van der Waals surface area contributed by atoms with E-state index in [9.17, 15) is 9.59 Å². The molecule has 1 amide bonds. The molecule has 1 aliphatic rings. The van der Waals surface area contributed by atoms with Crippen molar-refractivity contribution < 1.29 is 14.3 Å². The summed E-state index contributed by atoms with van der Waals surface area (Å²) in [4.78, 5) is 23.4. The Hall–Kier alpha value is -2.62. The molecule has 0 aromatic heterocycles. The van der Waals surface area contributed by atoms with Crippen LogP contribution in [0.1, 0.15) is 37.5 Å².